The average Bonchev–Trinajstić information content (AvgIpc) is 2.38. The molecule has 0 aliphatic heterocycles. The number of anilines is 1. The molecule has 1 nitrogen and oxygen atoms in total. The van der Waals surface area contributed by atoms with E-state index < -0.39 is 0 Å². The monoisotopic (exact) mass is 243 g/mol. The molecule has 1 heteroatoms. The molecule has 0 bridgehead atoms. The van der Waals surface area contributed by atoms with Gasteiger partial charge in [0.1, 0.15) is 0 Å². The lowest BCUT2D eigenvalue weighted by molar-refractivity contribution is 0.597. The van der Waals surface area contributed by atoms with Crippen LogP contribution in [0.5, 0.6) is 0 Å². The van der Waals surface area contributed by atoms with Crippen molar-refractivity contribution in [1.82, 2.24) is 0 Å². The molecule has 0 saturated heterocycles. The van der Waals surface area contributed by atoms with Crippen LogP contribution in [-0.2, 0) is 5.41 Å². The van der Waals surface area contributed by atoms with E-state index in [0.717, 1.165) is 0 Å². The normalized spacial score (nSPS) is 10.8. The minimum absolute atomic E-state index is 0.152. The maximum Gasteiger partial charge on any atom is 0.0381 e. The summed E-state index contributed by atoms with van der Waals surface area (Å²) in [6.45, 7) is 10.8. The van der Waals surface area contributed by atoms with Crippen LogP contribution in [0.1, 0.15) is 40.2 Å². The van der Waals surface area contributed by atoms with Gasteiger partial charge in [0.05, 0.1) is 0 Å². The van der Waals surface area contributed by atoms with Gasteiger partial charge in [0.25, 0.3) is 0 Å². The Balaban J connectivity index is 0.000000771. The molecule has 0 amide bonds. The summed E-state index contributed by atoms with van der Waals surface area (Å²) < 4.78 is 0. The van der Waals surface area contributed by atoms with E-state index >= 15 is 0 Å². The summed E-state index contributed by atoms with van der Waals surface area (Å²) in [5, 5.41) is 5.95. The van der Waals surface area contributed by atoms with Gasteiger partial charge in [-0.1, -0.05) is 65.0 Å². The third-order valence-electron chi connectivity index (χ3n) is 2.95. The second-order valence-corrected chi connectivity index (χ2v) is 5.21. The van der Waals surface area contributed by atoms with Gasteiger partial charge < -0.3 is 5.32 Å². The Bertz CT molecular complexity index is 506. The van der Waals surface area contributed by atoms with Crippen LogP contribution in [0, 0.1) is 0 Å². The van der Waals surface area contributed by atoms with E-state index in [1.807, 2.05) is 20.9 Å². The summed E-state index contributed by atoms with van der Waals surface area (Å²) in [6.07, 6.45) is 0. The minimum atomic E-state index is 0.152. The van der Waals surface area contributed by atoms with Gasteiger partial charge in [-0.2, -0.15) is 0 Å². The summed E-state index contributed by atoms with van der Waals surface area (Å²) in [5.74, 6) is 0. The predicted molar refractivity (Wildman–Crippen MR) is 83.5 cm³/mol. The lowest BCUT2D eigenvalue weighted by atomic mass is 9.82. The molecule has 0 spiro atoms. The SMILES string of the molecule is CC.CNc1ccc2ccccc2c1C(C)(C)C. The number of hydrogen-bond acceptors (Lipinski definition) is 1. The highest BCUT2D eigenvalue weighted by Gasteiger charge is 2.20. The standard InChI is InChI=1S/C15H19N.C2H6/c1-15(2,3)14-12-8-6-5-7-11(12)9-10-13(14)16-4;1-2/h5-10,16H,1-4H3;1-2H3. The van der Waals surface area contributed by atoms with Gasteiger partial charge in [-0.3, -0.25) is 0 Å². The van der Waals surface area contributed by atoms with E-state index in [0.29, 0.717) is 0 Å². The zero-order chi connectivity index (χ0) is 13.8. The molecule has 0 aromatic heterocycles. The van der Waals surface area contributed by atoms with Gasteiger partial charge >= 0.3 is 0 Å². The topological polar surface area (TPSA) is 12.0 Å². The molecule has 0 saturated carbocycles. The molecule has 0 aliphatic carbocycles. The zero-order valence-electron chi connectivity index (χ0n) is 12.5. The van der Waals surface area contributed by atoms with Crippen molar-refractivity contribution in [2.75, 3.05) is 12.4 Å². The van der Waals surface area contributed by atoms with Crippen molar-refractivity contribution in [1.29, 1.82) is 0 Å². The largest absolute Gasteiger partial charge is 0.388 e. The number of benzene rings is 2. The number of hydrogen-bond donors (Lipinski definition) is 1. The highest BCUT2D eigenvalue weighted by Crippen LogP contribution is 2.35. The summed E-state index contributed by atoms with van der Waals surface area (Å²) in [6, 6.07) is 12.9. The molecule has 0 radical (unpaired) electrons. The Morgan fingerprint density at radius 1 is 0.889 bits per heavy atom. The molecule has 0 fully saturated rings. The third kappa shape index (κ3) is 2.84. The van der Waals surface area contributed by atoms with Crippen LogP contribution in [-0.4, -0.2) is 7.05 Å². The lowest BCUT2D eigenvalue weighted by Gasteiger charge is -2.25. The number of fused-ring (bicyclic) bond motifs is 1. The first kappa shape index (κ1) is 14.6. The van der Waals surface area contributed by atoms with Gasteiger partial charge in [-0.25, -0.2) is 0 Å². The maximum absolute atomic E-state index is 3.29. The first-order valence-corrected chi connectivity index (χ1v) is 6.74. The Labute approximate surface area is 111 Å². The van der Waals surface area contributed by atoms with E-state index in [1.165, 1.54) is 22.0 Å². The molecule has 2 aromatic rings. The Kier molecular flexibility index (Phi) is 4.77. The highest BCUT2D eigenvalue weighted by molar-refractivity contribution is 5.91. The molecular formula is C17H25N. The average molecular weight is 243 g/mol. The maximum atomic E-state index is 3.29. The van der Waals surface area contributed by atoms with Crippen molar-refractivity contribution in [2.45, 2.75) is 40.0 Å². The quantitative estimate of drug-likeness (QED) is 0.725. The fraction of sp³-hybridized carbons (Fsp3) is 0.412. The fourth-order valence-electron chi connectivity index (χ4n) is 2.29. The smallest absolute Gasteiger partial charge is 0.0381 e. The molecule has 2 rings (SSSR count). The first-order valence-electron chi connectivity index (χ1n) is 6.74. The fourth-order valence-corrected chi connectivity index (χ4v) is 2.29. The van der Waals surface area contributed by atoms with Crippen molar-refractivity contribution >= 4 is 16.5 Å². The van der Waals surface area contributed by atoms with E-state index in [1.54, 1.807) is 0 Å². The van der Waals surface area contributed by atoms with Crippen LogP contribution in [0.25, 0.3) is 10.8 Å². The van der Waals surface area contributed by atoms with Gasteiger partial charge in [0, 0.05) is 12.7 Å². The highest BCUT2D eigenvalue weighted by atomic mass is 14.8. The second-order valence-electron chi connectivity index (χ2n) is 5.21. The molecule has 1 N–H and O–H groups in total. The summed E-state index contributed by atoms with van der Waals surface area (Å²) in [5.41, 5.74) is 2.78. The van der Waals surface area contributed by atoms with Crippen LogP contribution in [0.4, 0.5) is 5.69 Å². The van der Waals surface area contributed by atoms with Gasteiger partial charge in [-0.05, 0) is 27.8 Å². The molecule has 2 aromatic carbocycles. The molecule has 0 atom stereocenters. The summed E-state index contributed by atoms with van der Waals surface area (Å²) in [7, 11) is 1.99. The van der Waals surface area contributed by atoms with Crippen LogP contribution in [0.2, 0.25) is 0 Å². The van der Waals surface area contributed by atoms with Crippen LogP contribution in [0.3, 0.4) is 0 Å². The van der Waals surface area contributed by atoms with Crippen LogP contribution in [0.15, 0.2) is 36.4 Å². The second kappa shape index (κ2) is 5.90. The molecule has 0 aliphatic rings. The Morgan fingerprint density at radius 3 is 2.06 bits per heavy atom. The van der Waals surface area contributed by atoms with Crippen molar-refractivity contribution in [2.24, 2.45) is 0 Å². The van der Waals surface area contributed by atoms with Crippen molar-refractivity contribution in [3.05, 3.63) is 42.0 Å². The van der Waals surface area contributed by atoms with E-state index in [4.69, 9.17) is 0 Å². The molecule has 18 heavy (non-hydrogen) atoms. The van der Waals surface area contributed by atoms with E-state index in [9.17, 15) is 0 Å². The van der Waals surface area contributed by atoms with Crippen molar-refractivity contribution < 1.29 is 0 Å². The number of rotatable bonds is 1. The molecule has 98 valence electrons. The van der Waals surface area contributed by atoms with Gasteiger partial charge in [0.2, 0.25) is 0 Å². The van der Waals surface area contributed by atoms with Crippen molar-refractivity contribution in [3.63, 3.8) is 0 Å². The Hall–Kier alpha value is -1.50. The molecule has 0 unspecified atom stereocenters. The van der Waals surface area contributed by atoms with Crippen LogP contribution >= 0.6 is 0 Å². The van der Waals surface area contributed by atoms with Crippen molar-refractivity contribution in [3.8, 4) is 0 Å². The third-order valence-corrected chi connectivity index (χ3v) is 2.95. The first-order chi connectivity index (χ1) is 8.54. The molecule has 0 heterocycles. The zero-order valence-corrected chi connectivity index (χ0v) is 12.5. The van der Waals surface area contributed by atoms with Gasteiger partial charge in [-0.15, -0.1) is 0 Å². The number of nitrogens with one attached hydrogen (secondary N) is 1. The predicted octanol–water partition coefficient (Wildman–Crippen LogP) is 5.21. The van der Waals surface area contributed by atoms with E-state index in [-0.39, 0.29) is 5.41 Å². The lowest BCUT2D eigenvalue weighted by Crippen LogP contribution is -2.14. The minimum Gasteiger partial charge on any atom is -0.388 e. The van der Waals surface area contributed by atoms with Crippen LogP contribution < -0.4 is 5.32 Å². The molecular weight excluding hydrogens is 218 g/mol. The Morgan fingerprint density at radius 2 is 1.50 bits per heavy atom. The van der Waals surface area contributed by atoms with Gasteiger partial charge in [0.15, 0.2) is 0 Å². The summed E-state index contributed by atoms with van der Waals surface area (Å²) >= 11 is 0. The summed E-state index contributed by atoms with van der Waals surface area (Å²) in [4.78, 5) is 0. The van der Waals surface area contributed by atoms with E-state index in [2.05, 4.69) is 62.5 Å².